The van der Waals surface area contributed by atoms with Crippen molar-refractivity contribution in [3.05, 3.63) is 64.2 Å². The summed E-state index contributed by atoms with van der Waals surface area (Å²) in [6, 6.07) is 13.2. The lowest BCUT2D eigenvalue weighted by Gasteiger charge is -2.35. The van der Waals surface area contributed by atoms with Crippen LogP contribution in [0.4, 0.5) is 0 Å². The van der Waals surface area contributed by atoms with E-state index in [2.05, 4.69) is 51.1 Å². The Balaban J connectivity index is 1.82. The van der Waals surface area contributed by atoms with Gasteiger partial charge in [-0.05, 0) is 86.3 Å². The topological polar surface area (TPSA) is 69.9 Å². The molecule has 4 heteroatoms. The highest BCUT2D eigenvalue weighted by atomic mass is 16.5. The molecule has 2 aromatic carbocycles. The first kappa shape index (κ1) is 26.7. The molecule has 3 N–H and O–H groups in total. The number of ether oxygens (including phenoxy) is 1. The van der Waals surface area contributed by atoms with Crippen molar-refractivity contribution in [3.8, 4) is 5.75 Å². The molecule has 0 bridgehead atoms. The predicted octanol–water partition coefficient (Wildman–Crippen LogP) is 5.77. The largest absolute Gasteiger partial charge is 0.491 e. The van der Waals surface area contributed by atoms with Gasteiger partial charge in [0.05, 0.1) is 12.2 Å². The fraction of sp³-hybridized carbons (Fsp3) is 0.600. The molecule has 1 saturated carbocycles. The van der Waals surface area contributed by atoms with Gasteiger partial charge in [0.2, 0.25) is 0 Å². The van der Waals surface area contributed by atoms with E-state index in [1.54, 1.807) is 0 Å². The predicted molar refractivity (Wildman–Crippen MR) is 139 cm³/mol. The van der Waals surface area contributed by atoms with Crippen LogP contribution in [0.25, 0.3) is 0 Å². The van der Waals surface area contributed by atoms with Crippen molar-refractivity contribution in [1.29, 1.82) is 0 Å². The summed E-state index contributed by atoms with van der Waals surface area (Å²) in [5, 5.41) is 29.6. The van der Waals surface area contributed by atoms with Crippen LogP contribution in [0.2, 0.25) is 0 Å². The van der Waals surface area contributed by atoms with Gasteiger partial charge in [-0.3, -0.25) is 0 Å². The van der Waals surface area contributed by atoms with E-state index in [0.717, 1.165) is 62.7 Å². The average Bonchev–Trinajstić information content (AvgIpc) is 2.84. The van der Waals surface area contributed by atoms with Crippen LogP contribution in [-0.2, 0) is 11.8 Å². The summed E-state index contributed by atoms with van der Waals surface area (Å²) in [6.07, 6.45) is 8.33. The number of rotatable bonds is 11. The molecule has 2 aromatic rings. The number of benzene rings is 2. The lowest BCUT2D eigenvalue weighted by molar-refractivity contribution is -0.00344. The zero-order chi connectivity index (χ0) is 24.8. The summed E-state index contributed by atoms with van der Waals surface area (Å²) >= 11 is 0. The van der Waals surface area contributed by atoms with E-state index in [4.69, 9.17) is 9.84 Å². The Hall–Kier alpha value is -1.88. The van der Waals surface area contributed by atoms with Crippen molar-refractivity contribution < 1.29 is 20.1 Å². The summed E-state index contributed by atoms with van der Waals surface area (Å²) < 4.78 is 5.72. The lowest BCUT2D eigenvalue weighted by Crippen LogP contribution is -2.31. The zero-order valence-corrected chi connectivity index (χ0v) is 21.6. The molecule has 1 aliphatic rings. The Morgan fingerprint density at radius 1 is 0.941 bits per heavy atom. The molecule has 34 heavy (non-hydrogen) atoms. The van der Waals surface area contributed by atoms with Crippen LogP contribution < -0.4 is 4.74 Å². The van der Waals surface area contributed by atoms with E-state index >= 15 is 0 Å². The van der Waals surface area contributed by atoms with Crippen LogP contribution in [-0.4, -0.2) is 40.2 Å². The average molecular weight is 469 g/mol. The van der Waals surface area contributed by atoms with Gasteiger partial charge < -0.3 is 20.1 Å². The van der Waals surface area contributed by atoms with Crippen molar-refractivity contribution in [2.75, 3.05) is 13.2 Å². The normalized spacial score (nSPS) is 16.9. The van der Waals surface area contributed by atoms with Gasteiger partial charge in [-0.25, -0.2) is 0 Å². The maximum absolute atomic E-state index is 10.9. The van der Waals surface area contributed by atoms with E-state index in [0.29, 0.717) is 0 Å². The van der Waals surface area contributed by atoms with Gasteiger partial charge in [0.1, 0.15) is 18.5 Å². The first-order valence-electron chi connectivity index (χ1n) is 13.1. The second kappa shape index (κ2) is 11.7. The highest BCUT2D eigenvalue weighted by Crippen LogP contribution is 2.41. The van der Waals surface area contributed by atoms with Crippen LogP contribution in [0.15, 0.2) is 36.4 Å². The first-order chi connectivity index (χ1) is 16.3. The molecule has 0 spiro atoms. The molecular weight excluding hydrogens is 424 g/mol. The Bertz CT molecular complexity index is 925. The first-order valence-corrected chi connectivity index (χ1v) is 13.1. The number of aryl methyl sites for hydroxylation is 3. The van der Waals surface area contributed by atoms with Gasteiger partial charge >= 0.3 is 0 Å². The Morgan fingerprint density at radius 3 is 2.12 bits per heavy atom. The molecule has 188 valence electrons. The minimum Gasteiger partial charge on any atom is -0.491 e. The van der Waals surface area contributed by atoms with E-state index in [9.17, 15) is 10.2 Å². The quantitative estimate of drug-likeness (QED) is 0.392. The Kier molecular flexibility index (Phi) is 9.20. The third-order valence-corrected chi connectivity index (χ3v) is 8.12. The van der Waals surface area contributed by atoms with Crippen molar-refractivity contribution in [3.63, 3.8) is 0 Å². The van der Waals surface area contributed by atoms with Gasteiger partial charge in [-0.2, -0.15) is 0 Å². The Morgan fingerprint density at radius 2 is 1.56 bits per heavy atom. The van der Waals surface area contributed by atoms with E-state index in [-0.39, 0.29) is 18.6 Å². The van der Waals surface area contributed by atoms with Crippen LogP contribution in [0, 0.1) is 13.8 Å². The van der Waals surface area contributed by atoms with Crippen LogP contribution >= 0.6 is 0 Å². The molecule has 0 heterocycles. The third kappa shape index (κ3) is 6.02. The van der Waals surface area contributed by atoms with Crippen LogP contribution in [0.5, 0.6) is 5.75 Å². The van der Waals surface area contributed by atoms with Crippen molar-refractivity contribution in [1.82, 2.24) is 0 Å². The molecule has 0 radical (unpaired) electrons. The SMILES string of the molecule is CCC(CC)(c1ccc(CCC2(O)CCCCC2)c(C)c1)c1ccc(OCC(O)CO)c(C)c1. The van der Waals surface area contributed by atoms with Crippen molar-refractivity contribution in [2.24, 2.45) is 0 Å². The fourth-order valence-corrected chi connectivity index (χ4v) is 5.68. The zero-order valence-electron chi connectivity index (χ0n) is 21.6. The molecule has 1 fully saturated rings. The molecular formula is C30H44O4. The van der Waals surface area contributed by atoms with Gasteiger partial charge in [0.15, 0.2) is 0 Å². The molecule has 4 nitrogen and oxygen atoms in total. The number of hydrogen-bond donors (Lipinski definition) is 3. The lowest BCUT2D eigenvalue weighted by atomic mass is 9.69. The molecule has 1 unspecified atom stereocenters. The standard InChI is InChI=1S/C30H44O4/c1-5-30(6-2,26-12-13-28(23(4)19-26)34-21-27(32)20-31)25-11-10-24(22(3)18-25)14-17-29(33)15-8-7-9-16-29/h10-13,18-19,27,31-33H,5-9,14-17,20-21H2,1-4H3. The molecule has 1 aliphatic carbocycles. The highest BCUT2D eigenvalue weighted by molar-refractivity contribution is 5.47. The van der Waals surface area contributed by atoms with E-state index in [1.165, 1.54) is 28.7 Å². The molecule has 0 saturated heterocycles. The summed E-state index contributed by atoms with van der Waals surface area (Å²) in [6.45, 7) is 8.52. The number of aliphatic hydroxyl groups is 3. The molecule has 0 aromatic heterocycles. The molecule has 3 rings (SSSR count). The molecule has 0 aliphatic heterocycles. The number of aliphatic hydroxyl groups excluding tert-OH is 2. The summed E-state index contributed by atoms with van der Waals surface area (Å²) in [4.78, 5) is 0. The van der Waals surface area contributed by atoms with Crippen molar-refractivity contribution >= 4 is 0 Å². The monoisotopic (exact) mass is 468 g/mol. The molecule has 1 atom stereocenters. The van der Waals surface area contributed by atoms with Gasteiger partial charge in [0, 0.05) is 5.41 Å². The smallest absolute Gasteiger partial charge is 0.122 e. The van der Waals surface area contributed by atoms with Gasteiger partial charge in [0.25, 0.3) is 0 Å². The highest BCUT2D eigenvalue weighted by Gasteiger charge is 2.32. The summed E-state index contributed by atoms with van der Waals surface area (Å²) in [5.74, 6) is 0.740. The van der Waals surface area contributed by atoms with Crippen LogP contribution in [0.3, 0.4) is 0 Å². The van der Waals surface area contributed by atoms with E-state index < -0.39 is 11.7 Å². The maximum Gasteiger partial charge on any atom is 0.122 e. The Labute approximate surface area is 206 Å². The second-order valence-electron chi connectivity index (χ2n) is 10.3. The summed E-state index contributed by atoms with van der Waals surface area (Å²) in [7, 11) is 0. The third-order valence-electron chi connectivity index (χ3n) is 8.12. The molecule has 0 amide bonds. The van der Waals surface area contributed by atoms with Gasteiger partial charge in [-0.15, -0.1) is 0 Å². The van der Waals surface area contributed by atoms with E-state index in [1.807, 2.05) is 13.0 Å². The maximum atomic E-state index is 10.9. The minimum absolute atomic E-state index is 0.0825. The minimum atomic E-state index is -0.871. The summed E-state index contributed by atoms with van der Waals surface area (Å²) in [5.41, 5.74) is 5.72. The van der Waals surface area contributed by atoms with Gasteiger partial charge in [-0.1, -0.05) is 63.4 Å². The number of hydrogen-bond acceptors (Lipinski definition) is 4. The fourth-order valence-electron chi connectivity index (χ4n) is 5.68. The van der Waals surface area contributed by atoms with Crippen molar-refractivity contribution in [2.45, 2.75) is 103 Å². The second-order valence-corrected chi connectivity index (χ2v) is 10.3. The van der Waals surface area contributed by atoms with Crippen LogP contribution in [0.1, 0.15) is 93.0 Å².